The summed E-state index contributed by atoms with van der Waals surface area (Å²) in [6, 6.07) is 5.03. The van der Waals surface area contributed by atoms with Crippen LogP contribution in [0.2, 0.25) is 0 Å². The highest BCUT2D eigenvalue weighted by atomic mass is 19.1. The lowest BCUT2D eigenvalue weighted by atomic mass is 10.1. The fourth-order valence-electron chi connectivity index (χ4n) is 3.74. The SMILES string of the molecule is Cc1cc2c(F)c(Oc3ncnc(N)c3/C=N/OCCCN3CCCCC3)ccc2[nH]1. The molecule has 1 aliphatic rings. The second-order valence-electron chi connectivity index (χ2n) is 7.69. The Hall–Kier alpha value is -3.20. The summed E-state index contributed by atoms with van der Waals surface area (Å²) in [6.45, 7) is 5.68. The molecular formula is C22H27FN6O2. The number of hydrogen-bond acceptors (Lipinski definition) is 7. The lowest BCUT2D eigenvalue weighted by Gasteiger charge is -2.25. The van der Waals surface area contributed by atoms with E-state index in [4.69, 9.17) is 15.3 Å². The molecule has 164 valence electrons. The van der Waals surface area contributed by atoms with Crippen molar-refractivity contribution in [2.45, 2.75) is 32.6 Å². The van der Waals surface area contributed by atoms with Crippen LogP contribution in [0.15, 0.2) is 29.7 Å². The number of anilines is 1. The van der Waals surface area contributed by atoms with E-state index in [1.54, 1.807) is 18.2 Å². The second kappa shape index (κ2) is 9.74. The average molecular weight is 426 g/mol. The molecule has 0 unspecified atom stereocenters. The summed E-state index contributed by atoms with van der Waals surface area (Å²) in [5.41, 5.74) is 7.86. The van der Waals surface area contributed by atoms with Gasteiger partial charge in [-0.15, -0.1) is 0 Å². The second-order valence-corrected chi connectivity index (χ2v) is 7.69. The van der Waals surface area contributed by atoms with Gasteiger partial charge >= 0.3 is 0 Å². The molecule has 8 nitrogen and oxygen atoms in total. The molecule has 31 heavy (non-hydrogen) atoms. The number of nitrogens with two attached hydrogens (primary N) is 1. The number of hydrogen-bond donors (Lipinski definition) is 2. The number of piperidine rings is 1. The van der Waals surface area contributed by atoms with Crippen LogP contribution < -0.4 is 10.5 Å². The molecule has 0 saturated carbocycles. The molecule has 0 atom stereocenters. The number of aromatic amines is 1. The lowest BCUT2D eigenvalue weighted by Crippen LogP contribution is -2.31. The number of H-pyrrole nitrogens is 1. The van der Waals surface area contributed by atoms with Gasteiger partial charge in [0.2, 0.25) is 5.88 Å². The Kier molecular flexibility index (Phi) is 6.61. The van der Waals surface area contributed by atoms with E-state index in [0.717, 1.165) is 31.7 Å². The van der Waals surface area contributed by atoms with Crippen molar-refractivity contribution < 1.29 is 14.0 Å². The number of likely N-dealkylation sites (tertiary alicyclic amines) is 1. The van der Waals surface area contributed by atoms with Crippen LogP contribution in [-0.4, -0.2) is 52.3 Å². The van der Waals surface area contributed by atoms with Crippen molar-refractivity contribution in [2.75, 3.05) is 32.0 Å². The van der Waals surface area contributed by atoms with Crippen molar-refractivity contribution in [3.63, 3.8) is 0 Å². The number of nitrogen functional groups attached to an aromatic ring is 1. The number of aromatic nitrogens is 3. The van der Waals surface area contributed by atoms with Gasteiger partial charge in [0.25, 0.3) is 0 Å². The number of ether oxygens (including phenoxy) is 1. The molecule has 1 aliphatic heterocycles. The molecule has 0 radical (unpaired) electrons. The highest BCUT2D eigenvalue weighted by Crippen LogP contribution is 2.31. The minimum absolute atomic E-state index is 0.0432. The molecule has 0 amide bonds. The molecule has 4 rings (SSSR count). The first kappa shape index (κ1) is 21.0. The van der Waals surface area contributed by atoms with E-state index >= 15 is 0 Å². The Morgan fingerprint density at radius 1 is 1.26 bits per heavy atom. The van der Waals surface area contributed by atoms with Crippen molar-refractivity contribution in [1.29, 1.82) is 0 Å². The van der Waals surface area contributed by atoms with Gasteiger partial charge in [-0.05, 0) is 57.5 Å². The van der Waals surface area contributed by atoms with Crippen LogP contribution in [0.4, 0.5) is 10.2 Å². The van der Waals surface area contributed by atoms with Crippen LogP contribution in [0.3, 0.4) is 0 Å². The number of halogens is 1. The maximum absolute atomic E-state index is 14.9. The zero-order chi connectivity index (χ0) is 21.6. The first-order chi connectivity index (χ1) is 15.1. The molecule has 3 heterocycles. The molecule has 3 aromatic rings. The summed E-state index contributed by atoms with van der Waals surface area (Å²) >= 11 is 0. The van der Waals surface area contributed by atoms with Crippen LogP contribution >= 0.6 is 0 Å². The smallest absolute Gasteiger partial charge is 0.233 e. The maximum atomic E-state index is 14.9. The molecule has 1 fully saturated rings. The predicted molar refractivity (Wildman–Crippen MR) is 118 cm³/mol. The van der Waals surface area contributed by atoms with Gasteiger partial charge in [0.1, 0.15) is 24.3 Å². The van der Waals surface area contributed by atoms with Crippen LogP contribution in [0, 0.1) is 12.7 Å². The molecule has 1 aromatic carbocycles. The number of benzene rings is 1. The molecule has 0 bridgehead atoms. The van der Waals surface area contributed by atoms with Crippen LogP contribution in [-0.2, 0) is 4.84 Å². The van der Waals surface area contributed by atoms with Gasteiger partial charge < -0.3 is 25.2 Å². The summed E-state index contributed by atoms with van der Waals surface area (Å²) in [6.07, 6.45) is 7.42. The number of nitrogens with zero attached hydrogens (tertiary/aromatic N) is 4. The topological polar surface area (TPSA) is 102 Å². The molecular weight excluding hydrogens is 399 g/mol. The number of aryl methyl sites for hydroxylation is 1. The fourth-order valence-corrected chi connectivity index (χ4v) is 3.74. The maximum Gasteiger partial charge on any atom is 0.233 e. The molecule has 0 spiro atoms. The van der Waals surface area contributed by atoms with Gasteiger partial charge in [0.15, 0.2) is 11.6 Å². The van der Waals surface area contributed by atoms with Gasteiger partial charge in [0.05, 0.1) is 6.21 Å². The normalized spacial score (nSPS) is 15.0. The summed E-state index contributed by atoms with van der Waals surface area (Å²) in [5, 5.41) is 4.43. The average Bonchev–Trinajstić information content (AvgIpc) is 3.16. The van der Waals surface area contributed by atoms with Gasteiger partial charge in [-0.2, -0.15) is 0 Å². The first-order valence-electron chi connectivity index (χ1n) is 10.6. The fraction of sp³-hybridized carbons (Fsp3) is 0.409. The van der Waals surface area contributed by atoms with E-state index in [2.05, 4.69) is 25.0 Å². The zero-order valence-corrected chi connectivity index (χ0v) is 17.6. The van der Waals surface area contributed by atoms with E-state index in [1.165, 1.54) is 31.8 Å². The summed E-state index contributed by atoms with van der Waals surface area (Å²) < 4.78 is 20.6. The third kappa shape index (κ3) is 5.11. The zero-order valence-electron chi connectivity index (χ0n) is 17.6. The number of oxime groups is 1. The molecule has 0 aliphatic carbocycles. The highest BCUT2D eigenvalue weighted by Gasteiger charge is 2.15. The van der Waals surface area contributed by atoms with E-state index < -0.39 is 5.82 Å². The lowest BCUT2D eigenvalue weighted by molar-refractivity contribution is 0.125. The Bertz CT molecular complexity index is 1060. The van der Waals surface area contributed by atoms with Crippen molar-refractivity contribution in [3.8, 4) is 11.6 Å². The van der Waals surface area contributed by atoms with Gasteiger partial charge in [0, 0.05) is 23.1 Å². The monoisotopic (exact) mass is 426 g/mol. The van der Waals surface area contributed by atoms with Crippen LogP contribution in [0.5, 0.6) is 11.6 Å². The van der Waals surface area contributed by atoms with Crippen molar-refractivity contribution in [1.82, 2.24) is 19.9 Å². The Labute approximate surface area is 180 Å². The van der Waals surface area contributed by atoms with Crippen molar-refractivity contribution in [3.05, 3.63) is 41.6 Å². The predicted octanol–water partition coefficient (Wildman–Crippen LogP) is 4.01. The highest BCUT2D eigenvalue weighted by molar-refractivity contribution is 5.88. The Balaban J connectivity index is 1.40. The molecule has 1 saturated heterocycles. The quantitative estimate of drug-likeness (QED) is 0.321. The van der Waals surface area contributed by atoms with Crippen LogP contribution in [0.25, 0.3) is 10.9 Å². The minimum atomic E-state index is -0.476. The largest absolute Gasteiger partial charge is 0.435 e. The minimum Gasteiger partial charge on any atom is -0.435 e. The Morgan fingerprint density at radius 2 is 2.10 bits per heavy atom. The molecule has 9 heteroatoms. The molecule has 2 aromatic heterocycles. The van der Waals surface area contributed by atoms with E-state index in [1.807, 2.05) is 6.92 Å². The van der Waals surface area contributed by atoms with E-state index in [9.17, 15) is 4.39 Å². The van der Waals surface area contributed by atoms with Crippen molar-refractivity contribution in [2.24, 2.45) is 5.16 Å². The van der Waals surface area contributed by atoms with Crippen molar-refractivity contribution >= 4 is 22.9 Å². The standard InChI is InChI=1S/C22H27FN6O2/c1-15-12-16-18(28-15)6-7-19(20(16)23)31-22-17(21(24)25-14-26-22)13-27-30-11-5-10-29-8-3-2-4-9-29/h6-7,12-14,28H,2-5,8-11H2,1H3,(H2,24,25,26)/b27-13+. The summed E-state index contributed by atoms with van der Waals surface area (Å²) in [4.78, 5) is 19.0. The Morgan fingerprint density at radius 3 is 2.94 bits per heavy atom. The van der Waals surface area contributed by atoms with Crippen LogP contribution in [0.1, 0.15) is 36.9 Å². The molecule has 3 N–H and O–H groups in total. The van der Waals surface area contributed by atoms with Gasteiger partial charge in [-0.25, -0.2) is 14.4 Å². The van der Waals surface area contributed by atoms with E-state index in [0.29, 0.717) is 23.1 Å². The summed E-state index contributed by atoms with van der Waals surface area (Å²) in [5.74, 6) is -0.152. The number of fused-ring (bicyclic) bond motifs is 1. The number of rotatable bonds is 8. The van der Waals surface area contributed by atoms with Gasteiger partial charge in [-0.1, -0.05) is 11.6 Å². The third-order valence-corrected chi connectivity index (χ3v) is 5.34. The number of nitrogens with one attached hydrogen (secondary N) is 1. The first-order valence-corrected chi connectivity index (χ1v) is 10.6. The summed E-state index contributed by atoms with van der Waals surface area (Å²) in [7, 11) is 0. The van der Waals surface area contributed by atoms with E-state index in [-0.39, 0.29) is 17.4 Å². The van der Waals surface area contributed by atoms with Gasteiger partial charge in [-0.3, -0.25) is 0 Å². The third-order valence-electron chi connectivity index (χ3n) is 5.34.